The molecule has 2 saturated carbocycles. The molecular formula is C16H29NO. The van der Waals surface area contributed by atoms with Crippen molar-refractivity contribution in [1.29, 1.82) is 0 Å². The SMILES string of the molecule is CC1CCCCC1CNC1C2CCOC2C1(C)C. The van der Waals surface area contributed by atoms with Crippen molar-refractivity contribution in [3.63, 3.8) is 0 Å². The van der Waals surface area contributed by atoms with Crippen LogP contribution in [0.25, 0.3) is 0 Å². The highest BCUT2D eigenvalue weighted by atomic mass is 16.5. The maximum absolute atomic E-state index is 5.87. The molecule has 18 heavy (non-hydrogen) atoms. The lowest BCUT2D eigenvalue weighted by atomic mass is 9.57. The van der Waals surface area contributed by atoms with Gasteiger partial charge in [0.15, 0.2) is 0 Å². The van der Waals surface area contributed by atoms with E-state index < -0.39 is 0 Å². The Morgan fingerprint density at radius 1 is 1.17 bits per heavy atom. The fourth-order valence-corrected chi connectivity index (χ4v) is 4.71. The van der Waals surface area contributed by atoms with E-state index in [0.717, 1.165) is 24.4 Å². The first-order valence-electron chi connectivity index (χ1n) is 7.95. The van der Waals surface area contributed by atoms with Crippen LogP contribution in [-0.4, -0.2) is 25.3 Å². The second-order valence-electron chi connectivity index (χ2n) is 7.47. The van der Waals surface area contributed by atoms with Crippen LogP contribution in [-0.2, 0) is 4.74 Å². The zero-order chi connectivity index (χ0) is 12.8. The molecule has 3 rings (SSSR count). The number of rotatable bonds is 3. The van der Waals surface area contributed by atoms with Crippen molar-refractivity contribution in [3.8, 4) is 0 Å². The number of fused-ring (bicyclic) bond motifs is 1. The van der Waals surface area contributed by atoms with E-state index in [4.69, 9.17) is 4.74 Å². The molecule has 0 aromatic carbocycles. The van der Waals surface area contributed by atoms with Gasteiger partial charge in [-0.15, -0.1) is 0 Å². The van der Waals surface area contributed by atoms with E-state index in [0.29, 0.717) is 17.6 Å². The van der Waals surface area contributed by atoms with E-state index in [-0.39, 0.29) is 0 Å². The first-order valence-corrected chi connectivity index (χ1v) is 7.95. The summed E-state index contributed by atoms with van der Waals surface area (Å²) in [6, 6.07) is 0.694. The lowest BCUT2D eigenvalue weighted by molar-refractivity contribution is -0.113. The summed E-state index contributed by atoms with van der Waals surface area (Å²) in [7, 11) is 0. The molecule has 1 heterocycles. The van der Waals surface area contributed by atoms with Crippen molar-refractivity contribution in [1.82, 2.24) is 5.32 Å². The van der Waals surface area contributed by atoms with Crippen LogP contribution in [0.4, 0.5) is 0 Å². The van der Waals surface area contributed by atoms with Crippen molar-refractivity contribution >= 4 is 0 Å². The van der Waals surface area contributed by atoms with Crippen LogP contribution in [0.3, 0.4) is 0 Å². The molecule has 0 bridgehead atoms. The highest BCUT2D eigenvalue weighted by Crippen LogP contribution is 2.52. The van der Waals surface area contributed by atoms with Gasteiger partial charge < -0.3 is 10.1 Å². The summed E-state index contributed by atoms with van der Waals surface area (Å²) in [4.78, 5) is 0. The minimum atomic E-state index is 0.346. The Kier molecular flexibility index (Phi) is 3.44. The van der Waals surface area contributed by atoms with E-state index in [1.54, 1.807) is 0 Å². The standard InChI is InChI=1S/C16H29NO/c1-11-6-4-5-7-12(11)10-17-14-13-8-9-18-15(13)16(14,2)3/h11-15,17H,4-10H2,1-3H3. The Hall–Kier alpha value is -0.0800. The van der Waals surface area contributed by atoms with Gasteiger partial charge in [0.25, 0.3) is 0 Å². The second-order valence-corrected chi connectivity index (χ2v) is 7.47. The normalized spacial score (nSPS) is 46.5. The van der Waals surface area contributed by atoms with Crippen LogP contribution in [0.1, 0.15) is 52.9 Å². The average Bonchev–Trinajstić information content (AvgIpc) is 2.78. The molecule has 5 unspecified atom stereocenters. The van der Waals surface area contributed by atoms with E-state index in [1.807, 2.05) is 0 Å². The molecule has 0 aromatic rings. The Morgan fingerprint density at radius 2 is 1.94 bits per heavy atom. The molecule has 0 amide bonds. The quantitative estimate of drug-likeness (QED) is 0.831. The predicted octanol–water partition coefficient (Wildman–Crippen LogP) is 3.22. The Bertz CT molecular complexity index is 301. The maximum Gasteiger partial charge on any atom is 0.0685 e. The van der Waals surface area contributed by atoms with Gasteiger partial charge in [-0.2, -0.15) is 0 Å². The molecule has 3 aliphatic rings. The van der Waals surface area contributed by atoms with Crippen molar-refractivity contribution < 1.29 is 4.74 Å². The molecular weight excluding hydrogens is 222 g/mol. The monoisotopic (exact) mass is 251 g/mol. The molecule has 2 heteroatoms. The molecule has 2 aliphatic carbocycles. The number of hydrogen-bond donors (Lipinski definition) is 1. The molecule has 1 aliphatic heterocycles. The van der Waals surface area contributed by atoms with Crippen LogP contribution in [0.15, 0.2) is 0 Å². The van der Waals surface area contributed by atoms with Crippen LogP contribution < -0.4 is 5.32 Å². The molecule has 1 saturated heterocycles. The summed E-state index contributed by atoms with van der Waals surface area (Å²) < 4.78 is 5.87. The highest BCUT2D eigenvalue weighted by Gasteiger charge is 2.58. The van der Waals surface area contributed by atoms with E-state index in [1.165, 1.54) is 38.6 Å². The van der Waals surface area contributed by atoms with Crippen LogP contribution >= 0.6 is 0 Å². The van der Waals surface area contributed by atoms with Crippen LogP contribution in [0.5, 0.6) is 0 Å². The molecule has 0 aromatic heterocycles. The Morgan fingerprint density at radius 3 is 2.72 bits per heavy atom. The minimum absolute atomic E-state index is 0.346. The van der Waals surface area contributed by atoms with Gasteiger partial charge in [0.2, 0.25) is 0 Å². The molecule has 2 nitrogen and oxygen atoms in total. The summed E-state index contributed by atoms with van der Waals surface area (Å²) >= 11 is 0. The van der Waals surface area contributed by atoms with Gasteiger partial charge in [-0.1, -0.05) is 40.0 Å². The van der Waals surface area contributed by atoms with Gasteiger partial charge in [-0.05, 0) is 31.2 Å². The number of hydrogen-bond acceptors (Lipinski definition) is 2. The van der Waals surface area contributed by atoms with E-state index in [9.17, 15) is 0 Å². The highest BCUT2D eigenvalue weighted by molar-refractivity contribution is 5.11. The summed E-state index contributed by atoms with van der Waals surface area (Å²) in [6.07, 6.45) is 7.57. The van der Waals surface area contributed by atoms with Crippen molar-refractivity contribution in [2.24, 2.45) is 23.2 Å². The fourth-order valence-electron chi connectivity index (χ4n) is 4.71. The van der Waals surface area contributed by atoms with Gasteiger partial charge in [-0.3, -0.25) is 0 Å². The first-order chi connectivity index (χ1) is 8.60. The zero-order valence-corrected chi connectivity index (χ0v) is 12.2. The third-order valence-electron chi connectivity index (χ3n) is 5.99. The lowest BCUT2D eigenvalue weighted by Crippen LogP contribution is -2.66. The van der Waals surface area contributed by atoms with Gasteiger partial charge in [-0.25, -0.2) is 0 Å². The summed E-state index contributed by atoms with van der Waals surface area (Å²) in [5.41, 5.74) is 0.346. The summed E-state index contributed by atoms with van der Waals surface area (Å²) in [5.74, 6) is 2.62. The predicted molar refractivity (Wildman–Crippen MR) is 74.5 cm³/mol. The van der Waals surface area contributed by atoms with Gasteiger partial charge in [0.1, 0.15) is 0 Å². The summed E-state index contributed by atoms with van der Waals surface area (Å²) in [5, 5.41) is 3.90. The molecule has 1 N–H and O–H groups in total. The van der Waals surface area contributed by atoms with Crippen molar-refractivity contribution in [3.05, 3.63) is 0 Å². The largest absolute Gasteiger partial charge is 0.377 e. The van der Waals surface area contributed by atoms with Gasteiger partial charge >= 0.3 is 0 Å². The van der Waals surface area contributed by atoms with Crippen LogP contribution in [0.2, 0.25) is 0 Å². The first kappa shape index (κ1) is 12.9. The van der Waals surface area contributed by atoms with Crippen LogP contribution in [0, 0.1) is 23.2 Å². The molecule has 5 atom stereocenters. The van der Waals surface area contributed by atoms with Crippen molar-refractivity contribution in [2.45, 2.75) is 65.0 Å². The third kappa shape index (κ3) is 2.02. The van der Waals surface area contributed by atoms with Gasteiger partial charge in [0.05, 0.1) is 6.10 Å². The molecule has 0 radical (unpaired) electrons. The average molecular weight is 251 g/mol. The fraction of sp³-hybridized carbons (Fsp3) is 1.00. The summed E-state index contributed by atoms with van der Waals surface area (Å²) in [6.45, 7) is 9.41. The Labute approximate surface area is 112 Å². The van der Waals surface area contributed by atoms with Gasteiger partial charge in [0, 0.05) is 24.0 Å². The van der Waals surface area contributed by atoms with E-state index >= 15 is 0 Å². The zero-order valence-electron chi connectivity index (χ0n) is 12.2. The minimum Gasteiger partial charge on any atom is -0.377 e. The molecule has 3 fully saturated rings. The van der Waals surface area contributed by atoms with Crippen molar-refractivity contribution in [2.75, 3.05) is 13.2 Å². The van der Waals surface area contributed by atoms with E-state index in [2.05, 4.69) is 26.1 Å². The number of ether oxygens (including phenoxy) is 1. The topological polar surface area (TPSA) is 21.3 Å². The Balaban J connectivity index is 1.54. The number of nitrogens with one attached hydrogen (secondary N) is 1. The lowest BCUT2D eigenvalue weighted by Gasteiger charge is -2.55. The smallest absolute Gasteiger partial charge is 0.0685 e. The maximum atomic E-state index is 5.87. The second kappa shape index (κ2) is 4.79. The molecule has 0 spiro atoms. The third-order valence-corrected chi connectivity index (χ3v) is 5.99. The molecule has 104 valence electrons.